The first-order chi connectivity index (χ1) is 11.6. The molecule has 1 aromatic heterocycles. The molecule has 0 unspecified atom stereocenters. The Morgan fingerprint density at radius 2 is 2.21 bits per heavy atom. The number of aromatic nitrogens is 2. The fourth-order valence-corrected chi connectivity index (χ4v) is 3.03. The molecular weight excluding hydrogens is 326 g/mol. The van der Waals surface area contributed by atoms with Crippen LogP contribution in [0.25, 0.3) is 0 Å². The number of hydrogen-bond acceptors (Lipinski definition) is 6. The van der Waals surface area contributed by atoms with E-state index in [1.807, 2.05) is 29.2 Å². The minimum Gasteiger partial charge on any atom is -0.497 e. The number of benzene rings is 1. The molecule has 0 amide bonds. The van der Waals surface area contributed by atoms with Crippen LogP contribution in [0.5, 0.6) is 5.75 Å². The number of hydrogen-bond donors (Lipinski definition) is 1. The molecule has 0 fully saturated rings. The lowest BCUT2D eigenvalue weighted by Crippen LogP contribution is -2.27. The monoisotopic (exact) mass is 349 g/mol. The molecule has 1 N–H and O–H groups in total. The second-order valence-corrected chi connectivity index (χ2v) is 6.24. The zero-order valence-corrected chi connectivity index (χ0v) is 14.9. The van der Waals surface area contributed by atoms with E-state index in [1.165, 1.54) is 11.5 Å². The van der Waals surface area contributed by atoms with Gasteiger partial charge in [0.25, 0.3) is 0 Å². The average Bonchev–Trinajstić information content (AvgIpc) is 3.03. The number of anilines is 1. The van der Waals surface area contributed by atoms with Crippen LogP contribution in [0.3, 0.4) is 0 Å². The van der Waals surface area contributed by atoms with Gasteiger partial charge in [-0.05, 0) is 24.1 Å². The summed E-state index contributed by atoms with van der Waals surface area (Å²) in [4.78, 5) is 17.5. The van der Waals surface area contributed by atoms with Crippen molar-refractivity contribution in [1.29, 1.82) is 0 Å². The third-order valence-corrected chi connectivity index (χ3v) is 4.42. The lowest BCUT2D eigenvalue weighted by molar-refractivity contribution is -0.136. The molecule has 0 aliphatic carbocycles. The zero-order chi connectivity index (χ0) is 17.4. The summed E-state index contributed by atoms with van der Waals surface area (Å²) in [5.41, 5.74) is 1.09. The Balaban J connectivity index is 2.06. The zero-order valence-electron chi connectivity index (χ0n) is 14.1. The molecular formula is C17H23N3O3S. The molecule has 7 heteroatoms. The number of carboxylic acid groups (broad SMARTS) is 1. The van der Waals surface area contributed by atoms with Gasteiger partial charge in [0.15, 0.2) is 0 Å². The summed E-state index contributed by atoms with van der Waals surface area (Å²) in [6.45, 7) is 3.38. The van der Waals surface area contributed by atoms with Crippen LogP contribution in [0.1, 0.15) is 37.6 Å². The van der Waals surface area contributed by atoms with E-state index < -0.39 is 5.97 Å². The predicted molar refractivity (Wildman–Crippen MR) is 95.1 cm³/mol. The summed E-state index contributed by atoms with van der Waals surface area (Å²) < 4.78 is 9.66. The Bertz CT molecular complexity index is 660. The highest BCUT2D eigenvalue weighted by Crippen LogP contribution is 2.21. The highest BCUT2D eigenvalue weighted by atomic mass is 32.1. The first-order valence-corrected chi connectivity index (χ1v) is 8.82. The van der Waals surface area contributed by atoms with Crippen molar-refractivity contribution in [1.82, 2.24) is 9.36 Å². The van der Waals surface area contributed by atoms with E-state index >= 15 is 0 Å². The van der Waals surface area contributed by atoms with Gasteiger partial charge in [0.2, 0.25) is 5.13 Å². The quantitative estimate of drug-likeness (QED) is 0.710. The SMILES string of the molecule is CCCCN(CCC(=O)O)c1nc(Cc2cccc(OC)c2)ns1. The van der Waals surface area contributed by atoms with Crippen molar-refractivity contribution in [2.24, 2.45) is 0 Å². The molecule has 6 nitrogen and oxygen atoms in total. The minimum atomic E-state index is -0.794. The second kappa shape index (κ2) is 9.22. The fourth-order valence-electron chi connectivity index (χ4n) is 2.29. The molecule has 2 aromatic rings. The predicted octanol–water partition coefficient (Wildman–Crippen LogP) is 3.22. The van der Waals surface area contributed by atoms with E-state index in [0.29, 0.717) is 13.0 Å². The van der Waals surface area contributed by atoms with Gasteiger partial charge in [-0.3, -0.25) is 4.79 Å². The Morgan fingerprint density at radius 3 is 2.92 bits per heavy atom. The molecule has 0 bridgehead atoms. The smallest absolute Gasteiger partial charge is 0.305 e. The molecule has 0 spiro atoms. The van der Waals surface area contributed by atoms with E-state index in [1.54, 1.807) is 7.11 Å². The van der Waals surface area contributed by atoms with Crippen molar-refractivity contribution in [3.05, 3.63) is 35.7 Å². The van der Waals surface area contributed by atoms with Crippen LogP contribution in [-0.4, -0.2) is 40.6 Å². The molecule has 1 aromatic carbocycles. The summed E-state index contributed by atoms with van der Waals surface area (Å²) in [7, 11) is 1.65. The molecule has 0 radical (unpaired) electrons. The standard InChI is InChI=1S/C17H23N3O3S/c1-3-4-9-20(10-8-16(21)22)17-18-15(19-24-17)12-13-6-5-7-14(11-13)23-2/h5-7,11H,3-4,8-10,12H2,1-2H3,(H,21,22). The number of aliphatic carboxylic acids is 1. The van der Waals surface area contributed by atoms with Gasteiger partial charge in [-0.2, -0.15) is 4.37 Å². The van der Waals surface area contributed by atoms with Crippen LogP contribution in [-0.2, 0) is 11.2 Å². The summed E-state index contributed by atoms with van der Waals surface area (Å²) in [5, 5.41) is 9.71. The molecule has 24 heavy (non-hydrogen) atoms. The maximum absolute atomic E-state index is 10.8. The van der Waals surface area contributed by atoms with Crippen molar-refractivity contribution in [2.45, 2.75) is 32.6 Å². The number of carbonyl (C=O) groups is 1. The number of nitrogens with zero attached hydrogens (tertiary/aromatic N) is 3. The van der Waals surface area contributed by atoms with Gasteiger partial charge in [-0.15, -0.1) is 0 Å². The highest BCUT2D eigenvalue weighted by molar-refractivity contribution is 7.09. The molecule has 130 valence electrons. The third kappa shape index (κ3) is 5.49. The fraction of sp³-hybridized carbons (Fsp3) is 0.471. The van der Waals surface area contributed by atoms with E-state index in [-0.39, 0.29) is 6.42 Å². The van der Waals surface area contributed by atoms with Gasteiger partial charge >= 0.3 is 5.97 Å². The van der Waals surface area contributed by atoms with Gasteiger partial charge in [-0.1, -0.05) is 25.5 Å². The van der Waals surface area contributed by atoms with Crippen LogP contribution < -0.4 is 9.64 Å². The van der Waals surface area contributed by atoms with Crippen LogP contribution in [0, 0.1) is 0 Å². The van der Waals surface area contributed by atoms with Crippen LogP contribution >= 0.6 is 11.5 Å². The van der Waals surface area contributed by atoms with Crippen LogP contribution in [0.15, 0.2) is 24.3 Å². The van der Waals surface area contributed by atoms with Crippen LogP contribution in [0.4, 0.5) is 5.13 Å². The highest BCUT2D eigenvalue weighted by Gasteiger charge is 2.14. The van der Waals surface area contributed by atoms with Crippen LogP contribution in [0.2, 0.25) is 0 Å². The first-order valence-electron chi connectivity index (χ1n) is 8.04. The molecule has 2 rings (SSSR count). The molecule has 0 saturated carbocycles. The molecule has 0 aliphatic heterocycles. The minimum absolute atomic E-state index is 0.106. The Morgan fingerprint density at radius 1 is 1.38 bits per heavy atom. The van der Waals surface area contributed by atoms with Gasteiger partial charge in [0, 0.05) is 31.0 Å². The number of ether oxygens (including phenoxy) is 1. The van der Waals surface area contributed by atoms with Gasteiger partial charge < -0.3 is 14.7 Å². The number of rotatable bonds is 10. The topological polar surface area (TPSA) is 75.6 Å². The first kappa shape index (κ1) is 18.2. The molecule has 0 aliphatic rings. The lowest BCUT2D eigenvalue weighted by Gasteiger charge is -2.19. The van der Waals surface area contributed by atoms with Crippen molar-refractivity contribution in [3.63, 3.8) is 0 Å². The van der Waals surface area contributed by atoms with E-state index in [9.17, 15) is 4.79 Å². The number of methoxy groups -OCH3 is 1. The summed E-state index contributed by atoms with van der Waals surface area (Å²) in [5.74, 6) is 0.770. The maximum atomic E-state index is 10.8. The molecule has 0 atom stereocenters. The normalized spacial score (nSPS) is 10.6. The second-order valence-electron chi connectivity index (χ2n) is 5.51. The Hall–Kier alpha value is -2.15. The average molecular weight is 349 g/mol. The van der Waals surface area contributed by atoms with Gasteiger partial charge in [0.05, 0.1) is 13.5 Å². The summed E-state index contributed by atoms with van der Waals surface area (Å²) in [6.07, 6.45) is 2.80. The van der Waals surface area contributed by atoms with Crippen molar-refractivity contribution < 1.29 is 14.6 Å². The summed E-state index contributed by atoms with van der Waals surface area (Å²) in [6, 6.07) is 7.84. The van der Waals surface area contributed by atoms with Crippen molar-refractivity contribution in [2.75, 3.05) is 25.1 Å². The van der Waals surface area contributed by atoms with Gasteiger partial charge in [-0.25, -0.2) is 4.98 Å². The largest absolute Gasteiger partial charge is 0.497 e. The van der Waals surface area contributed by atoms with E-state index in [4.69, 9.17) is 9.84 Å². The lowest BCUT2D eigenvalue weighted by atomic mass is 10.1. The van der Waals surface area contributed by atoms with Gasteiger partial charge in [0.1, 0.15) is 11.6 Å². The van der Waals surface area contributed by atoms with Crippen molar-refractivity contribution >= 4 is 22.6 Å². The molecule has 1 heterocycles. The van der Waals surface area contributed by atoms with Crippen molar-refractivity contribution in [3.8, 4) is 5.75 Å². The number of unbranched alkanes of at least 4 members (excludes halogenated alkanes) is 1. The number of carboxylic acids is 1. The van der Waals surface area contributed by atoms with E-state index in [2.05, 4.69) is 16.3 Å². The Labute approximate surface area is 146 Å². The maximum Gasteiger partial charge on any atom is 0.305 e. The summed E-state index contributed by atoms with van der Waals surface area (Å²) >= 11 is 1.33. The van der Waals surface area contributed by atoms with E-state index in [0.717, 1.165) is 41.7 Å². The Kier molecular flexibility index (Phi) is 6.99. The molecule has 0 saturated heterocycles. The third-order valence-electron chi connectivity index (χ3n) is 3.60.